The van der Waals surface area contributed by atoms with E-state index in [4.69, 9.17) is 4.74 Å². The Morgan fingerprint density at radius 1 is 0.862 bits per heavy atom. The van der Waals surface area contributed by atoms with E-state index >= 15 is 0 Å². The third kappa shape index (κ3) is 5.30. The Morgan fingerprint density at radius 3 is 2.17 bits per heavy atom. The standard InChI is InChI=1S/C24H24N2O3/c1-17-13-14-20(15-21(17)26-24(28)19-11-7-4-8-12-19)23(27)25-16-22(29-2)18-9-5-3-6-10-18/h3-15,22H,16H2,1-2H3,(H,25,27)(H,26,28). The minimum atomic E-state index is -0.233. The molecule has 148 valence electrons. The van der Waals surface area contributed by atoms with E-state index in [9.17, 15) is 9.59 Å². The van der Waals surface area contributed by atoms with Crippen LogP contribution < -0.4 is 10.6 Å². The summed E-state index contributed by atoms with van der Waals surface area (Å²) < 4.78 is 5.50. The number of hydrogen-bond acceptors (Lipinski definition) is 3. The summed E-state index contributed by atoms with van der Waals surface area (Å²) >= 11 is 0. The number of nitrogens with one attached hydrogen (secondary N) is 2. The van der Waals surface area contributed by atoms with Crippen LogP contribution in [0, 0.1) is 6.92 Å². The summed E-state index contributed by atoms with van der Waals surface area (Å²) in [6, 6.07) is 24.0. The van der Waals surface area contributed by atoms with Crippen molar-refractivity contribution in [2.24, 2.45) is 0 Å². The van der Waals surface area contributed by atoms with Gasteiger partial charge in [-0.2, -0.15) is 0 Å². The van der Waals surface area contributed by atoms with Gasteiger partial charge in [0.25, 0.3) is 11.8 Å². The lowest BCUT2D eigenvalue weighted by molar-refractivity contribution is 0.0827. The van der Waals surface area contributed by atoms with Gasteiger partial charge in [-0.05, 0) is 42.3 Å². The fourth-order valence-corrected chi connectivity index (χ4v) is 2.97. The molecule has 1 atom stereocenters. The lowest BCUT2D eigenvalue weighted by Crippen LogP contribution is -2.29. The number of amides is 2. The molecule has 0 heterocycles. The Balaban J connectivity index is 1.68. The van der Waals surface area contributed by atoms with Crippen LogP contribution in [0.25, 0.3) is 0 Å². The first kappa shape index (κ1) is 20.3. The molecular formula is C24H24N2O3. The van der Waals surface area contributed by atoms with E-state index in [2.05, 4.69) is 10.6 Å². The Morgan fingerprint density at radius 2 is 1.52 bits per heavy atom. The third-order valence-electron chi connectivity index (χ3n) is 4.69. The van der Waals surface area contributed by atoms with Gasteiger partial charge in [0.05, 0.1) is 6.10 Å². The van der Waals surface area contributed by atoms with Crippen molar-refractivity contribution >= 4 is 17.5 Å². The molecule has 1 unspecified atom stereocenters. The molecule has 3 aromatic rings. The number of methoxy groups -OCH3 is 1. The maximum Gasteiger partial charge on any atom is 0.255 e. The molecule has 5 nitrogen and oxygen atoms in total. The SMILES string of the molecule is COC(CNC(=O)c1ccc(C)c(NC(=O)c2ccccc2)c1)c1ccccc1. The number of rotatable bonds is 7. The normalized spacial score (nSPS) is 11.5. The van der Waals surface area contributed by atoms with E-state index in [1.54, 1.807) is 31.4 Å². The van der Waals surface area contributed by atoms with E-state index in [-0.39, 0.29) is 17.9 Å². The average molecular weight is 388 g/mol. The van der Waals surface area contributed by atoms with Gasteiger partial charge in [0, 0.05) is 30.5 Å². The summed E-state index contributed by atoms with van der Waals surface area (Å²) in [6.45, 7) is 2.23. The largest absolute Gasteiger partial charge is 0.375 e. The fraction of sp³-hybridized carbons (Fsp3) is 0.167. The molecule has 0 spiro atoms. The van der Waals surface area contributed by atoms with E-state index in [0.29, 0.717) is 23.4 Å². The smallest absolute Gasteiger partial charge is 0.255 e. The molecule has 3 rings (SSSR count). The molecule has 3 aromatic carbocycles. The van der Waals surface area contributed by atoms with Gasteiger partial charge >= 0.3 is 0 Å². The fourth-order valence-electron chi connectivity index (χ4n) is 2.97. The second-order valence-corrected chi connectivity index (χ2v) is 6.69. The molecule has 0 fully saturated rings. The number of benzene rings is 3. The number of anilines is 1. The van der Waals surface area contributed by atoms with Crippen LogP contribution in [0.3, 0.4) is 0 Å². The molecule has 0 bridgehead atoms. The van der Waals surface area contributed by atoms with Crippen LogP contribution in [0.2, 0.25) is 0 Å². The number of aryl methyl sites for hydroxylation is 1. The van der Waals surface area contributed by atoms with Gasteiger partial charge in [-0.25, -0.2) is 0 Å². The number of carbonyl (C=O) groups excluding carboxylic acids is 2. The van der Waals surface area contributed by atoms with Gasteiger partial charge in [0.2, 0.25) is 0 Å². The molecule has 0 aliphatic carbocycles. The van der Waals surface area contributed by atoms with Crippen LogP contribution in [0.1, 0.15) is 37.9 Å². The molecule has 0 aliphatic heterocycles. The van der Waals surface area contributed by atoms with E-state index < -0.39 is 0 Å². The minimum Gasteiger partial charge on any atom is -0.375 e. The topological polar surface area (TPSA) is 67.4 Å². The van der Waals surface area contributed by atoms with Gasteiger partial charge < -0.3 is 15.4 Å². The van der Waals surface area contributed by atoms with Crippen molar-refractivity contribution in [1.29, 1.82) is 0 Å². The lowest BCUT2D eigenvalue weighted by Gasteiger charge is -2.17. The Labute approximate surface area is 170 Å². The van der Waals surface area contributed by atoms with Crippen LogP contribution in [-0.4, -0.2) is 25.5 Å². The molecule has 0 aromatic heterocycles. The predicted octanol–water partition coefficient (Wildman–Crippen LogP) is 4.36. The number of ether oxygens (including phenoxy) is 1. The first-order valence-corrected chi connectivity index (χ1v) is 9.41. The molecule has 29 heavy (non-hydrogen) atoms. The maximum atomic E-state index is 12.6. The third-order valence-corrected chi connectivity index (χ3v) is 4.69. The van der Waals surface area contributed by atoms with E-state index in [1.165, 1.54) is 0 Å². The summed E-state index contributed by atoms with van der Waals surface area (Å²) in [6.07, 6.45) is -0.233. The summed E-state index contributed by atoms with van der Waals surface area (Å²) in [7, 11) is 1.62. The molecule has 2 N–H and O–H groups in total. The monoisotopic (exact) mass is 388 g/mol. The molecular weight excluding hydrogens is 364 g/mol. The second kappa shape index (κ2) is 9.66. The van der Waals surface area contributed by atoms with Gasteiger partial charge in [0.15, 0.2) is 0 Å². The highest BCUT2D eigenvalue weighted by Gasteiger charge is 2.14. The van der Waals surface area contributed by atoms with Crippen LogP contribution in [0.4, 0.5) is 5.69 Å². The van der Waals surface area contributed by atoms with Crippen molar-refractivity contribution in [2.75, 3.05) is 19.0 Å². The van der Waals surface area contributed by atoms with Crippen LogP contribution in [-0.2, 0) is 4.74 Å². The first-order valence-electron chi connectivity index (χ1n) is 9.41. The van der Waals surface area contributed by atoms with Gasteiger partial charge in [-0.1, -0.05) is 54.6 Å². The molecule has 0 saturated carbocycles. The predicted molar refractivity (Wildman–Crippen MR) is 114 cm³/mol. The molecule has 0 aliphatic rings. The first-order chi connectivity index (χ1) is 14.1. The summed E-state index contributed by atoms with van der Waals surface area (Å²) in [5.74, 6) is -0.437. The highest BCUT2D eigenvalue weighted by molar-refractivity contribution is 6.05. The van der Waals surface area contributed by atoms with Crippen molar-refractivity contribution in [2.45, 2.75) is 13.0 Å². The Hall–Kier alpha value is -3.44. The zero-order valence-corrected chi connectivity index (χ0v) is 16.5. The summed E-state index contributed by atoms with van der Waals surface area (Å²) in [4.78, 5) is 25.1. The van der Waals surface area contributed by atoms with Gasteiger partial charge in [-0.15, -0.1) is 0 Å². The highest BCUT2D eigenvalue weighted by Crippen LogP contribution is 2.19. The van der Waals surface area contributed by atoms with Gasteiger partial charge in [0.1, 0.15) is 0 Å². The van der Waals surface area contributed by atoms with E-state index in [0.717, 1.165) is 11.1 Å². The average Bonchev–Trinajstić information content (AvgIpc) is 2.77. The van der Waals surface area contributed by atoms with Crippen molar-refractivity contribution in [3.8, 4) is 0 Å². The van der Waals surface area contributed by atoms with Crippen molar-refractivity contribution in [1.82, 2.24) is 5.32 Å². The number of hydrogen-bond donors (Lipinski definition) is 2. The molecule has 0 saturated heterocycles. The van der Waals surface area contributed by atoms with Crippen molar-refractivity contribution in [3.63, 3.8) is 0 Å². The molecule has 0 radical (unpaired) electrons. The van der Waals surface area contributed by atoms with E-state index in [1.807, 2.05) is 61.5 Å². The van der Waals surface area contributed by atoms with Crippen molar-refractivity contribution < 1.29 is 14.3 Å². The highest BCUT2D eigenvalue weighted by atomic mass is 16.5. The van der Waals surface area contributed by atoms with Crippen LogP contribution in [0.15, 0.2) is 78.9 Å². The van der Waals surface area contributed by atoms with Crippen molar-refractivity contribution in [3.05, 3.63) is 101 Å². The minimum absolute atomic E-state index is 0.213. The van der Waals surface area contributed by atoms with Crippen LogP contribution in [0.5, 0.6) is 0 Å². The Kier molecular flexibility index (Phi) is 6.76. The Bertz CT molecular complexity index is 972. The summed E-state index contributed by atoms with van der Waals surface area (Å²) in [5, 5.41) is 5.78. The second-order valence-electron chi connectivity index (χ2n) is 6.69. The number of carbonyl (C=O) groups is 2. The summed E-state index contributed by atoms with van der Waals surface area (Å²) in [5.41, 5.74) is 3.52. The van der Waals surface area contributed by atoms with Crippen LogP contribution >= 0.6 is 0 Å². The zero-order chi connectivity index (χ0) is 20.6. The quantitative estimate of drug-likeness (QED) is 0.632. The lowest BCUT2D eigenvalue weighted by atomic mass is 10.1. The van der Waals surface area contributed by atoms with Gasteiger partial charge in [-0.3, -0.25) is 9.59 Å². The zero-order valence-electron chi connectivity index (χ0n) is 16.5. The maximum absolute atomic E-state index is 12.6. The molecule has 2 amide bonds. The molecule has 5 heteroatoms.